The molecule has 2 aromatic rings. The Morgan fingerprint density at radius 1 is 1.14 bits per heavy atom. The number of anilines is 1. The van der Waals surface area contributed by atoms with Crippen LogP contribution >= 0.6 is 0 Å². The van der Waals surface area contributed by atoms with Gasteiger partial charge < -0.3 is 4.90 Å². The zero-order chi connectivity index (χ0) is 14.4. The van der Waals surface area contributed by atoms with E-state index in [1.165, 1.54) is 36.2 Å². The van der Waals surface area contributed by atoms with Gasteiger partial charge in [-0.25, -0.2) is 0 Å². The number of carbonyl (C=O) groups excluding carboxylic acids is 1. The van der Waals surface area contributed by atoms with E-state index in [-0.39, 0.29) is 5.91 Å². The lowest BCUT2D eigenvalue weighted by atomic mass is 10.00. The zero-order valence-corrected chi connectivity index (χ0v) is 12.4. The number of hydrogen-bond acceptors (Lipinski definition) is 1. The van der Waals surface area contributed by atoms with Gasteiger partial charge in [0.05, 0.1) is 24.3 Å². The van der Waals surface area contributed by atoms with Crippen molar-refractivity contribution in [3.8, 4) is 0 Å². The molecule has 3 heteroatoms. The zero-order valence-electron chi connectivity index (χ0n) is 12.4. The Morgan fingerprint density at radius 2 is 1.86 bits per heavy atom. The minimum Gasteiger partial charge on any atom is -0.317 e. The maximum Gasteiger partial charge on any atom is 0.263 e. The molecule has 1 amide bonds. The first kappa shape index (κ1) is 12.8. The number of nitrogens with zero attached hydrogens (tertiary/aromatic N) is 1. The predicted molar refractivity (Wildman–Crippen MR) is 84.7 cm³/mol. The number of piperidine rings is 1. The maximum absolute atomic E-state index is 12.7. The average Bonchev–Trinajstić information content (AvgIpc) is 2.78. The summed E-state index contributed by atoms with van der Waals surface area (Å²) in [6, 6.07) is 12.3. The van der Waals surface area contributed by atoms with Crippen molar-refractivity contribution >= 4 is 22.4 Å². The van der Waals surface area contributed by atoms with Crippen LogP contribution in [-0.2, 0) is 0 Å². The van der Waals surface area contributed by atoms with Crippen molar-refractivity contribution in [2.45, 2.75) is 19.8 Å². The van der Waals surface area contributed by atoms with Gasteiger partial charge in [0, 0.05) is 5.39 Å². The van der Waals surface area contributed by atoms with Crippen molar-refractivity contribution in [3.63, 3.8) is 0 Å². The molecule has 1 N–H and O–H groups in total. The average molecular weight is 281 g/mol. The number of hydrogen-bond donors (Lipinski definition) is 1. The summed E-state index contributed by atoms with van der Waals surface area (Å²) in [7, 11) is 0. The summed E-state index contributed by atoms with van der Waals surface area (Å²) in [4.78, 5) is 16.3. The lowest BCUT2D eigenvalue weighted by Crippen LogP contribution is -3.14. The number of carbonyl (C=O) groups is 1. The van der Waals surface area contributed by atoms with E-state index >= 15 is 0 Å². The Labute approximate surface area is 125 Å². The van der Waals surface area contributed by atoms with Crippen LogP contribution in [0.15, 0.2) is 36.4 Å². The fourth-order valence-corrected chi connectivity index (χ4v) is 3.69. The molecule has 0 radical (unpaired) electrons. The molecule has 1 saturated heterocycles. The van der Waals surface area contributed by atoms with Crippen LogP contribution in [0.4, 0.5) is 5.69 Å². The summed E-state index contributed by atoms with van der Waals surface area (Å²) in [6.07, 6.45) is 2.54. The van der Waals surface area contributed by atoms with E-state index in [0.717, 1.165) is 29.2 Å². The second kappa shape index (κ2) is 4.85. The number of amides is 1. The van der Waals surface area contributed by atoms with Gasteiger partial charge in [0.25, 0.3) is 5.91 Å². The molecule has 0 aliphatic carbocycles. The minimum atomic E-state index is 0.174. The van der Waals surface area contributed by atoms with Crippen molar-refractivity contribution < 1.29 is 9.69 Å². The van der Waals surface area contributed by atoms with Crippen LogP contribution in [0.1, 0.15) is 30.1 Å². The van der Waals surface area contributed by atoms with Crippen LogP contribution in [0.5, 0.6) is 0 Å². The van der Waals surface area contributed by atoms with Gasteiger partial charge in [0.1, 0.15) is 0 Å². The van der Waals surface area contributed by atoms with Crippen molar-refractivity contribution in [1.29, 1.82) is 0 Å². The molecule has 21 heavy (non-hydrogen) atoms. The van der Waals surface area contributed by atoms with Crippen molar-refractivity contribution in [2.24, 2.45) is 5.92 Å². The molecule has 2 heterocycles. The van der Waals surface area contributed by atoms with E-state index in [9.17, 15) is 4.79 Å². The molecule has 0 aromatic heterocycles. The molecular formula is C18H21N2O+. The van der Waals surface area contributed by atoms with Gasteiger partial charge in [-0.3, -0.25) is 9.69 Å². The molecule has 0 atom stereocenters. The summed E-state index contributed by atoms with van der Waals surface area (Å²) in [6.45, 7) is 5.49. The maximum atomic E-state index is 12.7. The van der Waals surface area contributed by atoms with Crippen molar-refractivity contribution in [3.05, 3.63) is 42.0 Å². The number of likely N-dealkylation sites (tertiary alicyclic amines) is 1. The standard InChI is InChI=1S/C18H20N2O/c1-13-8-10-19(11-9-13)12-20-16-7-3-5-14-4-2-6-15(17(14)16)18(20)21/h2-7,13H,8-12H2,1H3/p+1. The first-order chi connectivity index (χ1) is 10.2. The minimum absolute atomic E-state index is 0.174. The van der Waals surface area contributed by atoms with Crippen LogP contribution in [0.2, 0.25) is 0 Å². The Morgan fingerprint density at radius 3 is 2.62 bits per heavy atom. The molecule has 2 aliphatic rings. The summed E-state index contributed by atoms with van der Waals surface area (Å²) in [5.74, 6) is 1.01. The third-order valence-electron chi connectivity index (χ3n) is 5.01. The quantitative estimate of drug-likeness (QED) is 0.895. The van der Waals surface area contributed by atoms with Crippen LogP contribution in [0, 0.1) is 5.92 Å². The van der Waals surface area contributed by atoms with E-state index in [4.69, 9.17) is 0 Å². The summed E-state index contributed by atoms with van der Waals surface area (Å²) in [5, 5.41) is 2.30. The number of nitrogens with one attached hydrogen (secondary N) is 1. The second-order valence-electron chi connectivity index (χ2n) is 6.50. The van der Waals surface area contributed by atoms with Crippen LogP contribution in [0.25, 0.3) is 10.8 Å². The summed E-state index contributed by atoms with van der Waals surface area (Å²) >= 11 is 0. The lowest BCUT2D eigenvalue weighted by molar-refractivity contribution is -0.904. The van der Waals surface area contributed by atoms with Gasteiger partial charge in [-0.05, 0) is 36.3 Å². The Hall–Kier alpha value is -1.87. The second-order valence-corrected chi connectivity index (χ2v) is 6.50. The topological polar surface area (TPSA) is 24.8 Å². The normalized spacial score (nSPS) is 24.8. The molecule has 0 bridgehead atoms. The molecule has 0 saturated carbocycles. The van der Waals surface area contributed by atoms with E-state index in [1.54, 1.807) is 0 Å². The Bertz CT molecular complexity index is 696. The van der Waals surface area contributed by atoms with Crippen molar-refractivity contribution in [1.82, 2.24) is 0 Å². The van der Waals surface area contributed by atoms with Crippen LogP contribution in [-0.4, -0.2) is 25.7 Å². The molecule has 4 rings (SSSR count). The largest absolute Gasteiger partial charge is 0.317 e. The molecule has 108 valence electrons. The van der Waals surface area contributed by atoms with Gasteiger partial charge in [0.2, 0.25) is 0 Å². The third-order valence-corrected chi connectivity index (χ3v) is 5.01. The number of quaternary nitrogens is 1. The highest BCUT2D eigenvalue weighted by molar-refractivity contribution is 6.24. The fourth-order valence-electron chi connectivity index (χ4n) is 3.69. The summed E-state index contributed by atoms with van der Waals surface area (Å²) < 4.78 is 0. The molecular weight excluding hydrogens is 260 g/mol. The highest BCUT2D eigenvalue weighted by Crippen LogP contribution is 2.36. The number of rotatable bonds is 2. The molecule has 3 nitrogen and oxygen atoms in total. The molecule has 2 aromatic carbocycles. The van der Waals surface area contributed by atoms with Crippen molar-refractivity contribution in [2.75, 3.05) is 24.7 Å². The predicted octanol–water partition coefficient (Wildman–Crippen LogP) is 2.07. The Kier molecular flexibility index (Phi) is 2.96. The van der Waals surface area contributed by atoms with E-state index < -0.39 is 0 Å². The van der Waals surface area contributed by atoms with Gasteiger partial charge in [-0.2, -0.15) is 0 Å². The molecule has 2 aliphatic heterocycles. The van der Waals surface area contributed by atoms with E-state index in [0.29, 0.717) is 0 Å². The molecule has 1 fully saturated rings. The smallest absolute Gasteiger partial charge is 0.263 e. The van der Waals surface area contributed by atoms with Crippen LogP contribution < -0.4 is 9.80 Å². The van der Waals surface area contributed by atoms with Gasteiger partial charge >= 0.3 is 0 Å². The SMILES string of the molecule is CC1CC[NH+](CN2C(=O)c3cccc4cccc2c34)CC1. The first-order valence-electron chi connectivity index (χ1n) is 7.91. The molecule has 0 unspecified atom stereocenters. The Balaban J connectivity index is 1.66. The van der Waals surface area contributed by atoms with Gasteiger partial charge in [-0.15, -0.1) is 0 Å². The lowest BCUT2D eigenvalue weighted by Gasteiger charge is -2.30. The van der Waals surface area contributed by atoms with Gasteiger partial charge in [-0.1, -0.05) is 31.2 Å². The highest BCUT2D eigenvalue weighted by atomic mass is 16.2. The van der Waals surface area contributed by atoms with Crippen LogP contribution in [0.3, 0.4) is 0 Å². The van der Waals surface area contributed by atoms with E-state index in [2.05, 4.69) is 31.2 Å². The van der Waals surface area contributed by atoms with Gasteiger partial charge in [0.15, 0.2) is 6.67 Å². The monoisotopic (exact) mass is 281 g/mol. The third kappa shape index (κ3) is 2.04. The van der Waals surface area contributed by atoms with E-state index in [1.807, 2.05) is 17.0 Å². The number of benzene rings is 2. The summed E-state index contributed by atoms with van der Waals surface area (Å²) in [5.41, 5.74) is 1.96. The fraction of sp³-hybridized carbons (Fsp3) is 0.389. The first-order valence-corrected chi connectivity index (χ1v) is 7.91. The molecule has 0 spiro atoms. The highest BCUT2D eigenvalue weighted by Gasteiger charge is 2.32.